The third-order valence-corrected chi connectivity index (χ3v) is 2.61. The lowest BCUT2D eigenvalue weighted by Crippen LogP contribution is -2.04. The standard InChI is InChI=1S/C12H13ClN2/c1-8-2-3-9-6-11(13)7-10(4-5-14)12(9)15-8/h2-3,6-7H,4-5,14H2,1H3. The minimum Gasteiger partial charge on any atom is -0.330 e. The van der Waals surface area contributed by atoms with Crippen LogP contribution in [0.15, 0.2) is 24.3 Å². The first-order chi connectivity index (χ1) is 7.20. The molecule has 0 aliphatic rings. The minimum absolute atomic E-state index is 0.616. The number of benzene rings is 1. The van der Waals surface area contributed by atoms with Gasteiger partial charge in [0.15, 0.2) is 0 Å². The highest BCUT2D eigenvalue weighted by molar-refractivity contribution is 6.31. The molecule has 0 aliphatic carbocycles. The van der Waals surface area contributed by atoms with Crippen LogP contribution in [0.25, 0.3) is 10.9 Å². The molecule has 78 valence electrons. The summed E-state index contributed by atoms with van der Waals surface area (Å²) in [6, 6.07) is 7.92. The monoisotopic (exact) mass is 220 g/mol. The first kappa shape index (κ1) is 10.4. The van der Waals surface area contributed by atoms with Crippen molar-refractivity contribution in [1.82, 2.24) is 4.98 Å². The molecule has 0 saturated carbocycles. The number of nitrogens with zero attached hydrogens (tertiary/aromatic N) is 1. The first-order valence-electron chi connectivity index (χ1n) is 4.96. The van der Waals surface area contributed by atoms with Gasteiger partial charge in [-0.05, 0) is 43.7 Å². The molecular formula is C12H13ClN2. The van der Waals surface area contributed by atoms with Crippen LogP contribution in [0.2, 0.25) is 5.02 Å². The van der Waals surface area contributed by atoms with Crippen molar-refractivity contribution in [3.63, 3.8) is 0 Å². The third-order valence-electron chi connectivity index (χ3n) is 2.39. The molecule has 2 rings (SSSR count). The lowest BCUT2D eigenvalue weighted by atomic mass is 10.1. The van der Waals surface area contributed by atoms with E-state index in [4.69, 9.17) is 17.3 Å². The largest absolute Gasteiger partial charge is 0.330 e. The molecule has 1 aromatic heterocycles. The molecule has 2 nitrogen and oxygen atoms in total. The van der Waals surface area contributed by atoms with Crippen molar-refractivity contribution >= 4 is 22.5 Å². The average molecular weight is 221 g/mol. The zero-order valence-corrected chi connectivity index (χ0v) is 9.38. The van der Waals surface area contributed by atoms with Crippen LogP contribution in [0.1, 0.15) is 11.3 Å². The highest BCUT2D eigenvalue weighted by atomic mass is 35.5. The van der Waals surface area contributed by atoms with E-state index in [1.54, 1.807) is 0 Å². The van der Waals surface area contributed by atoms with Crippen LogP contribution >= 0.6 is 11.6 Å². The van der Waals surface area contributed by atoms with E-state index in [0.717, 1.165) is 33.6 Å². The molecule has 0 bridgehead atoms. The minimum atomic E-state index is 0.616. The van der Waals surface area contributed by atoms with Crippen molar-refractivity contribution in [1.29, 1.82) is 0 Å². The van der Waals surface area contributed by atoms with Gasteiger partial charge in [0.2, 0.25) is 0 Å². The van der Waals surface area contributed by atoms with Crippen LogP contribution in [0, 0.1) is 6.92 Å². The molecule has 0 fully saturated rings. The summed E-state index contributed by atoms with van der Waals surface area (Å²) in [6.07, 6.45) is 0.813. The number of hydrogen-bond acceptors (Lipinski definition) is 2. The molecule has 0 saturated heterocycles. The molecular weight excluding hydrogens is 208 g/mol. The quantitative estimate of drug-likeness (QED) is 0.845. The summed E-state index contributed by atoms with van der Waals surface area (Å²) in [6.45, 7) is 2.60. The van der Waals surface area contributed by atoms with Crippen molar-refractivity contribution in [2.24, 2.45) is 5.73 Å². The second-order valence-corrected chi connectivity index (χ2v) is 4.06. The number of halogens is 1. The molecule has 2 aromatic rings. The van der Waals surface area contributed by atoms with E-state index in [-0.39, 0.29) is 0 Å². The predicted octanol–water partition coefficient (Wildman–Crippen LogP) is 2.70. The van der Waals surface area contributed by atoms with E-state index in [9.17, 15) is 0 Å². The summed E-state index contributed by atoms with van der Waals surface area (Å²) in [5.41, 5.74) is 8.73. The summed E-state index contributed by atoms with van der Waals surface area (Å²) in [4.78, 5) is 4.52. The second kappa shape index (κ2) is 4.17. The maximum Gasteiger partial charge on any atom is 0.0738 e. The number of nitrogens with two attached hydrogens (primary N) is 1. The van der Waals surface area contributed by atoms with Crippen LogP contribution in [0.4, 0.5) is 0 Å². The molecule has 0 atom stereocenters. The number of aryl methyl sites for hydroxylation is 1. The van der Waals surface area contributed by atoms with E-state index in [0.29, 0.717) is 6.54 Å². The number of pyridine rings is 1. The Balaban J connectivity index is 2.70. The predicted molar refractivity (Wildman–Crippen MR) is 64.2 cm³/mol. The van der Waals surface area contributed by atoms with Gasteiger partial charge >= 0.3 is 0 Å². The van der Waals surface area contributed by atoms with Crippen molar-refractivity contribution in [3.8, 4) is 0 Å². The highest BCUT2D eigenvalue weighted by Gasteiger charge is 2.04. The first-order valence-corrected chi connectivity index (χ1v) is 5.34. The Hall–Kier alpha value is -1.12. The summed E-state index contributed by atoms with van der Waals surface area (Å²) in [7, 11) is 0. The van der Waals surface area contributed by atoms with Crippen LogP contribution in [-0.4, -0.2) is 11.5 Å². The van der Waals surface area contributed by atoms with Gasteiger partial charge in [-0.2, -0.15) is 0 Å². The van der Waals surface area contributed by atoms with E-state index >= 15 is 0 Å². The Kier molecular flexibility index (Phi) is 2.89. The normalized spacial score (nSPS) is 10.9. The number of rotatable bonds is 2. The summed E-state index contributed by atoms with van der Waals surface area (Å²) in [5.74, 6) is 0. The second-order valence-electron chi connectivity index (χ2n) is 3.63. The van der Waals surface area contributed by atoms with E-state index in [1.165, 1.54) is 0 Å². The number of fused-ring (bicyclic) bond motifs is 1. The van der Waals surface area contributed by atoms with Gasteiger partial charge in [-0.15, -0.1) is 0 Å². The summed E-state index contributed by atoms with van der Waals surface area (Å²) >= 11 is 6.03. The molecule has 2 N–H and O–H groups in total. The molecule has 15 heavy (non-hydrogen) atoms. The van der Waals surface area contributed by atoms with Crippen LogP contribution < -0.4 is 5.73 Å². The molecule has 1 aromatic carbocycles. The highest BCUT2D eigenvalue weighted by Crippen LogP contribution is 2.23. The van der Waals surface area contributed by atoms with Gasteiger partial charge in [0, 0.05) is 16.1 Å². The fraction of sp³-hybridized carbons (Fsp3) is 0.250. The molecule has 0 radical (unpaired) electrons. The Labute approximate surface area is 94.1 Å². The van der Waals surface area contributed by atoms with Gasteiger partial charge in [-0.3, -0.25) is 4.98 Å². The van der Waals surface area contributed by atoms with Crippen molar-refractivity contribution in [3.05, 3.63) is 40.5 Å². The topological polar surface area (TPSA) is 38.9 Å². The molecule has 1 heterocycles. The Morgan fingerprint density at radius 3 is 2.87 bits per heavy atom. The third kappa shape index (κ3) is 2.11. The van der Waals surface area contributed by atoms with Gasteiger partial charge in [-0.1, -0.05) is 17.7 Å². The summed E-state index contributed by atoms with van der Waals surface area (Å²) in [5, 5.41) is 1.83. The lowest BCUT2D eigenvalue weighted by molar-refractivity contribution is 0.972. The van der Waals surface area contributed by atoms with Gasteiger partial charge in [0.1, 0.15) is 0 Å². The van der Waals surface area contributed by atoms with Crippen LogP contribution in [0.5, 0.6) is 0 Å². The maximum atomic E-state index is 6.03. The van der Waals surface area contributed by atoms with Gasteiger partial charge in [-0.25, -0.2) is 0 Å². The number of aromatic nitrogens is 1. The van der Waals surface area contributed by atoms with Crippen molar-refractivity contribution in [2.45, 2.75) is 13.3 Å². The van der Waals surface area contributed by atoms with E-state index < -0.39 is 0 Å². The van der Waals surface area contributed by atoms with Gasteiger partial charge in [0.25, 0.3) is 0 Å². The van der Waals surface area contributed by atoms with Crippen LogP contribution in [-0.2, 0) is 6.42 Å². The smallest absolute Gasteiger partial charge is 0.0738 e. The SMILES string of the molecule is Cc1ccc2cc(Cl)cc(CCN)c2n1. The molecule has 0 aliphatic heterocycles. The lowest BCUT2D eigenvalue weighted by Gasteiger charge is -2.06. The Bertz CT molecular complexity index is 494. The fourth-order valence-corrected chi connectivity index (χ4v) is 1.96. The Morgan fingerprint density at radius 1 is 1.33 bits per heavy atom. The van der Waals surface area contributed by atoms with E-state index in [1.807, 2.05) is 31.2 Å². The van der Waals surface area contributed by atoms with Crippen molar-refractivity contribution in [2.75, 3.05) is 6.54 Å². The van der Waals surface area contributed by atoms with Gasteiger partial charge < -0.3 is 5.73 Å². The van der Waals surface area contributed by atoms with Gasteiger partial charge in [0.05, 0.1) is 5.52 Å². The van der Waals surface area contributed by atoms with Crippen molar-refractivity contribution < 1.29 is 0 Å². The molecule has 0 spiro atoms. The number of hydrogen-bond donors (Lipinski definition) is 1. The fourth-order valence-electron chi connectivity index (χ4n) is 1.71. The average Bonchev–Trinajstić information content (AvgIpc) is 2.19. The zero-order chi connectivity index (χ0) is 10.8. The zero-order valence-electron chi connectivity index (χ0n) is 8.63. The molecule has 0 amide bonds. The molecule has 3 heteroatoms. The molecule has 0 unspecified atom stereocenters. The summed E-state index contributed by atoms with van der Waals surface area (Å²) < 4.78 is 0. The maximum absolute atomic E-state index is 6.03. The van der Waals surface area contributed by atoms with E-state index in [2.05, 4.69) is 4.98 Å². The van der Waals surface area contributed by atoms with Crippen LogP contribution in [0.3, 0.4) is 0 Å². The Morgan fingerprint density at radius 2 is 2.13 bits per heavy atom.